The second-order valence-corrected chi connectivity index (χ2v) is 2.27. The van der Waals surface area contributed by atoms with Gasteiger partial charge in [0.05, 0.1) is 0 Å². The molecule has 0 amide bonds. The normalized spacial score (nSPS) is 8.33. The molecule has 0 spiro atoms. The first-order chi connectivity index (χ1) is 5.54. The van der Waals surface area contributed by atoms with E-state index in [1.165, 1.54) is 0 Å². The maximum atomic E-state index is 3.76. The third-order valence-corrected chi connectivity index (χ3v) is 1.52. The maximum Gasteiger partial charge on any atom is -0.0183 e. The van der Waals surface area contributed by atoms with Crippen LogP contribution in [0.4, 0.5) is 0 Å². The zero-order valence-corrected chi connectivity index (χ0v) is 7.24. The molecular formula is C12H12. The van der Waals surface area contributed by atoms with E-state index in [0.717, 1.165) is 0 Å². The molecule has 0 aliphatic carbocycles. The van der Waals surface area contributed by atoms with E-state index >= 15 is 0 Å². The van der Waals surface area contributed by atoms with Crippen molar-refractivity contribution < 1.29 is 0 Å². The Hall–Kier alpha value is -1.56. The summed E-state index contributed by atoms with van der Waals surface area (Å²) in [5.41, 5.74) is 2.59. The zero-order valence-electron chi connectivity index (χ0n) is 7.24. The predicted molar refractivity (Wildman–Crippen MR) is 54.3 cm³/mol. The summed E-state index contributed by atoms with van der Waals surface area (Å²) in [5.74, 6) is 0. The maximum absolute atomic E-state index is 3.76. The quantitative estimate of drug-likeness (QED) is 0.536. The van der Waals surface area contributed by atoms with E-state index in [9.17, 15) is 0 Å². The highest BCUT2D eigenvalue weighted by Crippen LogP contribution is 2.20. The Kier molecular flexibility index (Phi) is 3.78. The van der Waals surface area contributed by atoms with Gasteiger partial charge < -0.3 is 0 Å². The van der Waals surface area contributed by atoms with Gasteiger partial charge in [0.25, 0.3) is 0 Å². The Morgan fingerprint density at radius 1 is 0.667 bits per heavy atom. The smallest absolute Gasteiger partial charge is 0.0183 e. The Morgan fingerprint density at radius 2 is 0.917 bits per heavy atom. The van der Waals surface area contributed by atoms with E-state index in [1.807, 2.05) is 0 Å². The molecule has 0 fully saturated rings. The van der Waals surface area contributed by atoms with E-state index in [2.05, 4.69) is 51.6 Å². The summed E-state index contributed by atoms with van der Waals surface area (Å²) in [6.07, 6.45) is 5.26. The molecule has 0 aliphatic rings. The highest BCUT2D eigenvalue weighted by atomic mass is 14.1. The summed E-state index contributed by atoms with van der Waals surface area (Å²) in [7, 11) is 0. The largest absolute Gasteiger partial charge is 0.0906 e. The summed E-state index contributed by atoms with van der Waals surface area (Å²) in [6.45, 7) is 21.8. The van der Waals surface area contributed by atoms with Crippen LogP contribution in [-0.2, 0) is 0 Å². The molecule has 0 atom stereocenters. The minimum atomic E-state index is 0.622. The number of hydrogen-bond donors (Lipinski definition) is 0. The van der Waals surface area contributed by atoms with Gasteiger partial charge in [0, 0.05) is 0 Å². The van der Waals surface area contributed by atoms with Crippen molar-refractivity contribution >= 4 is 0 Å². The Balaban J connectivity index is 4.62. The lowest BCUT2D eigenvalue weighted by Crippen LogP contribution is -1.90. The fourth-order valence-corrected chi connectivity index (χ4v) is 0.578. The van der Waals surface area contributed by atoms with E-state index in [-0.39, 0.29) is 0 Å². The van der Waals surface area contributed by atoms with Gasteiger partial charge in [-0.25, -0.2) is 0 Å². The fraction of sp³-hybridized carbons (Fsp3) is 0. The van der Waals surface area contributed by atoms with Gasteiger partial charge in [0.1, 0.15) is 0 Å². The fourth-order valence-electron chi connectivity index (χ4n) is 0.578. The molecule has 0 aromatic heterocycles. The molecule has 0 aliphatic heterocycles. The SMILES string of the molecule is C=[C]C(=C)C(=C)C(=C)C(=C)[C]=C. The molecule has 0 heteroatoms. The molecule has 0 bridgehead atoms. The Morgan fingerprint density at radius 3 is 1.08 bits per heavy atom. The second-order valence-electron chi connectivity index (χ2n) is 2.27. The molecule has 0 aromatic rings. The van der Waals surface area contributed by atoms with Crippen molar-refractivity contribution in [2.24, 2.45) is 0 Å². The third-order valence-electron chi connectivity index (χ3n) is 1.52. The van der Waals surface area contributed by atoms with Crippen LogP contribution in [0, 0.1) is 12.2 Å². The number of hydrogen-bond acceptors (Lipinski definition) is 0. The summed E-state index contributed by atoms with van der Waals surface area (Å²) in [5, 5.41) is 0. The van der Waals surface area contributed by atoms with Crippen LogP contribution in [0.5, 0.6) is 0 Å². The lowest BCUT2D eigenvalue weighted by atomic mass is 9.97. The third kappa shape index (κ3) is 2.24. The molecule has 0 nitrogen and oxygen atoms in total. The van der Waals surface area contributed by atoms with Crippen LogP contribution >= 0.6 is 0 Å². The molecule has 2 radical (unpaired) electrons. The first-order valence-corrected chi connectivity index (χ1v) is 3.37. The number of allylic oxidation sites excluding steroid dienone is 6. The highest BCUT2D eigenvalue weighted by molar-refractivity contribution is 5.54. The molecule has 0 saturated carbocycles. The molecule has 0 saturated heterocycles. The van der Waals surface area contributed by atoms with Crippen LogP contribution in [0.25, 0.3) is 0 Å². The van der Waals surface area contributed by atoms with Crippen molar-refractivity contribution in [2.75, 3.05) is 0 Å². The van der Waals surface area contributed by atoms with E-state index in [0.29, 0.717) is 22.3 Å². The van der Waals surface area contributed by atoms with Gasteiger partial charge in [-0.1, -0.05) is 39.5 Å². The number of rotatable bonds is 5. The second kappa shape index (κ2) is 4.35. The van der Waals surface area contributed by atoms with Gasteiger partial charge >= 0.3 is 0 Å². The van der Waals surface area contributed by atoms with Crippen LogP contribution in [0.3, 0.4) is 0 Å². The molecule has 0 unspecified atom stereocenters. The van der Waals surface area contributed by atoms with E-state index in [1.54, 1.807) is 0 Å². The van der Waals surface area contributed by atoms with Crippen molar-refractivity contribution in [1.82, 2.24) is 0 Å². The Labute approximate surface area is 74.6 Å². The van der Waals surface area contributed by atoms with Crippen molar-refractivity contribution in [1.29, 1.82) is 0 Å². The topological polar surface area (TPSA) is 0 Å². The lowest BCUT2D eigenvalue weighted by Gasteiger charge is -2.07. The van der Waals surface area contributed by atoms with Crippen LogP contribution < -0.4 is 0 Å². The first-order valence-electron chi connectivity index (χ1n) is 3.37. The molecule has 0 heterocycles. The first kappa shape index (κ1) is 10.4. The molecule has 0 aromatic carbocycles. The van der Waals surface area contributed by atoms with Gasteiger partial charge in [-0.3, -0.25) is 0 Å². The van der Waals surface area contributed by atoms with Crippen LogP contribution in [0.15, 0.2) is 61.8 Å². The average Bonchev–Trinajstić information content (AvgIpc) is 2.12. The van der Waals surface area contributed by atoms with Gasteiger partial charge in [-0.15, -0.1) is 0 Å². The van der Waals surface area contributed by atoms with Crippen LogP contribution in [0.1, 0.15) is 0 Å². The lowest BCUT2D eigenvalue weighted by molar-refractivity contribution is 1.44. The molecule has 60 valence electrons. The van der Waals surface area contributed by atoms with Crippen molar-refractivity contribution in [3.05, 3.63) is 73.9 Å². The van der Waals surface area contributed by atoms with E-state index < -0.39 is 0 Å². The van der Waals surface area contributed by atoms with Crippen molar-refractivity contribution in [3.63, 3.8) is 0 Å². The molecule has 0 rings (SSSR count). The summed E-state index contributed by atoms with van der Waals surface area (Å²) in [6, 6.07) is 0. The van der Waals surface area contributed by atoms with Crippen molar-refractivity contribution in [3.8, 4) is 0 Å². The summed E-state index contributed by atoms with van der Waals surface area (Å²) >= 11 is 0. The van der Waals surface area contributed by atoms with Crippen molar-refractivity contribution in [2.45, 2.75) is 0 Å². The van der Waals surface area contributed by atoms with Gasteiger partial charge in [-0.05, 0) is 34.4 Å². The monoisotopic (exact) mass is 156 g/mol. The van der Waals surface area contributed by atoms with Crippen LogP contribution in [0.2, 0.25) is 0 Å². The molecule has 12 heavy (non-hydrogen) atoms. The van der Waals surface area contributed by atoms with Gasteiger partial charge in [0.15, 0.2) is 0 Å². The summed E-state index contributed by atoms with van der Waals surface area (Å²) in [4.78, 5) is 0. The van der Waals surface area contributed by atoms with Gasteiger partial charge in [-0.2, -0.15) is 0 Å². The molecule has 0 N–H and O–H groups in total. The minimum absolute atomic E-state index is 0.622. The average molecular weight is 156 g/mol. The minimum Gasteiger partial charge on any atom is -0.0906 e. The zero-order chi connectivity index (χ0) is 9.72. The Bertz CT molecular complexity index is 244. The van der Waals surface area contributed by atoms with Crippen LogP contribution in [-0.4, -0.2) is 0 Å². The molecular weight excluding hydrogens is 144 g/mol. The highest BCUT2D eigenvalue weighted by Gasteiger charge is 2.03. The van der Waals surface area contributed by atoms with Gasteiger partial charge in [0.2, 0.25) is 0 Å². The predicted octanol–water partition coefficient (Wildman–Crippen LogP) is 3.19. The van der Waals surface area contributed by atoms with E-state index in [4.69, 9.17) is 0 Å². The summed E-state index contributed by atoms with van der Waals surface area (Å²) < 4.78 is 0. The standard InChI is InChI=1S/C12H12/c1-7-9(3)11(5)12(6)10(4)8-2/h1-6H2.